The van der Waals surface area contributed by atoms with E-state index in [1.54, 1.807) is 42.5 Å². The molecule has 1 aromatic heterocycles. The molecule has 0 unspecified atom stereocenters. The maximum absolute atomic E-state index is 11.7. The third-order valence-corrected chi connectivity index (χ3v) is 3.99. The number of rotatable bonds is 7. The molecule has 0 aliphatic rings. The molecule has 0 fully saturated rings. The van der Waals surface area contributed by atoms with Gasteiger partial charge in [-0.1, -0.05) is 17.7 Å². The molecule has 0 amide bonds. The van der Waals surface area contributed by atoms with Crippen LogP contribution in [-0.4, -0.2) is 29.1 Å². The van der Waals surface area contributed by atoms with Crippen LogP contribution < -0.4 is 20.1 Å². The number of methoxy groups -OCH3 is 2. The number of benzene rings is 2. The van der Waals surface area contributed by atoms with E-state index in [4.69, 9.17) is 21.1 Å². The van der Waals surface area contributed by atoms with Gasteiger partial charge in [0.1, 0.15) is 17.8 Å². The van der Waals surface area contributed by atoms with E-state index in [1.807, 2.05) is 0 Å². The molecular weight excluding hydrogens is 386 g/mol. The second kappa shape index (κ2) is 8.40. The Morgan fingerprint density at radius 3 is 2.46 bits per heavy atom. The van der Waals surface area contributed by atoms with Crippen LogP contribution >= 0.6 is 11.6 Å². The molecule has 28 heavy (non-hydrogen) atoms. The molecule has 10 heteroatoms. The molecule has 9 nitrogen and oxygen atoms in total. The van der Waals surface area contributed by atoms with Gasteiger partial charge in [0.15, 0.2) is 0 Å². The molecule has 0 atom stereocenters. The molecule has 0 bridgehead atoms. The topological polar surface area (TPSA) is 111 Å². The molecule has 3 aromatic rings. The Bertz CT molecular complexity index is 1020. The first kappa shape index (κ1) is 19.2. The highest BCUT2D eigenvalue weighted by atomic mass is 35.5. The first-order chi connectivity index (χ1) is 13.5. The minimum absolute atomic E-state index is 0.00837. The van der Waals surface area contributed by atoms with Crippen LogP contribution in [0.4, 0.5) is 28.7 Å². The van der Waals surface area contributed by atoms with Crippen molar-refractivity contribution < 1.29 is 14.4 Å². The predicted molar refractivity (Wildman–Crippen MR) is 106 cm³/mol. The predicted octanol–water partition coefficient (Wildman–Crippen LogP) is 4.54. The Balaban J connectivity index is 2.00. The summed E-state index contributed by atoms with van der Waals surface area (Å²) in [6.07, 6.45) is 1.22. The van der Waals surface area contributed by atoms with Crippen molar-refractivity contribution in [3.8, 4) is 11.5 Å². The molecule has 0 saturated carbocycles. The monoisotopic (exact) mass is 401 g/mol. The zero-order valence-electron chi connectivity index (χ0n) is 15.0. The summed E-state index contributed by atoms with van der Waals surface area (Å²) in [5.74, 6) is 1.08. The molecule has 144 valence electrons. The van der Waals surface area contributed by atoms with Crippen LogP contribution in [0.2, 0.25) is 5.02 Å². The minimum Gasteiger partial charge on any atom is -0.497 e. The van der Waals surface area contributed by atoms with Gasteiger partial charge < -0.3 is 20.1 Å². The molecule has 0 radical (unpaired) electrons. The lowest BCUT2D eigenvalue weighted by Crippen LogP contribution is -2.06. The summed E-state index contributed by atoms with van der Waals surface area (Å²) >= 11 is 6.02. The molecule has 2 N–H and O–H groups in total. The van der Waals surface area contributed by atoms with Crippen molar-refractivity contribution >= 4 is 40.3 Å². The zero-order chi connectivity index (χ0) is 20.1. The lowest BCUT2D eigenvalue weighted by molar-refractivity contribution is -0.383. The van der Waals surface area contributed by atoms with Gasteiger partial charge in [0.05, 0.1) is 24.8 Å². The van der Waals surface area contributed by atoms with E-state index in [-0.39, 0.29) is 17.3 Å². The van der Waals surface area contributed by atoms with Crippen LogP contribution in [0, 0.1) is 10.1 Å². The summed E-state index contributed by atoms with van der Waals surface area (Å²) in [7, 11) is 3.02. The van der Waals surface area contributed by atoms with Crippen molar-refractivity contribution in [2.45, 2.75) is 0 Å². The van der Waals surface area contributed by atoms with Crippen LogP contribution in [0.1, 0.15) is 0 Å². The number of aromatic nitrogens is 2. The third kappa shape index (κ3) is 4.21. The van der Waals surface area contributed by atoms with Gasteiger partial charge in [-0.05, 0) is 30.3 Å². The SMILES string of the molecule is COc1cccc(Nc2ncnc(Nc3cc(Cl)ccc3OC)c2[N+](=O)[O-])c1. The average Bonchev–Trinajstić information content (AvgIpc) is 2.68. The highest BCUT2D eigenvalue weighted by molar-refractivity contribution is 6.31. The fraction of sp³-hybridized carbons (Fsp3) is 0.111. The highest BCUT2D eigenvalue weighted by Crippen LogP contribution is 2.36. The van der Waals surface area contributed by atoms with Gasteiger partial charge >= 0.3 is 5.69 Å². The molecular formula is C18H16ClN5O4. The Morgan fingerprint density at radius 2 is 1.79 bits per heavy atom. The number of nitro groups is 1. The van der Waals surface area contributed by atoms with Gasteiger partial charge in [0.25, 0.3) is 0 Å². The molecule has 0 aliphatic heterocycles. The summed E-state index contributed by atoms with van der Waals surface area (Å²) < 4.78 is 10.4. The van der Waals surface area contributed by atoms with Crippen LogP contribution in [-0.2, 0) is 0 Å². The van der Waals surface area contributed by atoms with Gasteiger partial charge in [0, 0.05) is 16.8 Å². The maximum atomic E-state index is 11.7. The fourth-order valence-corrected chi connectivity index (χ4v) is 2.65. The van der Waals surface area contributed by atoms with Crippen LogP contribution in [0.25, 0.3) is 0 Å². The van der Waals surface area contributed by atoms with Crippen LogP contribution in [0.3, 0.4) is 0 Å². The number of nitrogens with one attached hydrogen (secondary N) is 2. The third-order valence-electron chi connectivity index (χ3n) is 3.75. The largest absolute Gasteiger partial charge is 0.497 e. The van der Waals surface area contributed by atoms with Crippen LogP contribution in [0.15, 0.2) is 48.8 Å². The second-order valence-corrected chi connectivity index (χ2v) is 5.94. The quantitative estimate of drug-likeness (QED) is 0.438. The number of nitrogens with zero attached hydrogens (tertiary/aromatic N) is 3. The molecule has 0 saturated heterocycles. The van der Waals surface area contributed by atoms with E-state index < -0.39 is 4.92 Å². The van der Waals surface area contributed by atoms with Gasteiger partial charge in [0.2, 0.25) is 11.6 Å². The summed E-state index contributed by atoms with van der Waals surface area (Å²) in [5.41, 5.74) is 0.684. The van der Waals surface area contributed by atoms with E-state index >= 15 is 0 Å². The van der Waals surface area contributed by atoms with E-state index in [0.717, 1.165) is 0 Å². The number of ether oxygens (including phenoxy) is 2. The normalized spacial score (nSPS) is 10.2. The van der Waals surface area contributed by atoms with Crippen molar-refractivity contribution in [2.24, 2.45) is 0 Å². The summed E-state index contributed by atoms with van der Waals surface area (Å²) in [6.45, 7) is 0. The fourth-order valence-electron chi connectivity index (χ4n) is 2.48. The maximum Gasteiger partial charge on any atom is 0.353 e. The number of hydrogen-bond donors (Lipinski definition) is 2. The van der Waals surface area contributed by atoms with E-state index in [0.29, 0.717) is 27.9 Å². The van der Waals surface area contributed by atoms with E-state index in [1.165, 1.54) is 20.5 Å². The van der Waals surface area contributed by atoms with E-state index in [2.05, 4.69) is 20.6 Å². The van der Waals surface area contributed by atoms with Crippen molar-refractivity contribution in [3.05, 3.63) is 63.9 Å². The highest BCUT2D eigenvalue weighted by Gasteiger charge is 2.24. The lowest BCUT2D eigenvalue weighted by atomic mass is 10.2. The molecule has 3 rings (SSSR count). The van der Waals surface area contributed by atoms with Crippen molar-refractivity contribution in [1.82, 2.24) is 9.97 Å². The smallest absolute Gasteiger partial charge is 0.353 e. The Labute approximate surface area is 165 Å². The van der Waals surface area contributed by atoms with Crippen LogP contribution in [0.5, 0.6) is 11.5 Å². The Kier molecular flexibility index (Phi) is 5.75. The summed E-state index contributed by atoms with van der Waals surface area (Å²) in [5, 5.41) is 18.0. The first-order valence-electron chi connectivity index (χ1n) is 8.03. The van der Waals surface area contributed by atoms with E-state index in [9.17, 15) is 10.1 Å². The first-order valence-corrected chi connectivity index (χ1v) is 8.40. The van der Waals surface area contributed by atoms with Gasteiger partial charge in [-0.2, -0.15) is 0 Å². The Hall–Kier alpha value is -3.59. The molecule has 0 spiro atoms. The Morgan fingerprint density at radius 1 is 1.04 bits per heavy atom. The number of hydrogen-bond acceptors (Lipinski definition) is 8. The molecule has 0 aliphatic carbocycles. The van der Waals surface area contributed by atoms with Gasteiger partial charge in [-0.3, -0.25) is 10.1 Å². The van der Waals surface area contributed by atoms with Gasteiger partial charge in [-0.15, -0.1) is 0 Å². The summed E-state index contributed by atoms with van der Waals surface area (Å²) in [6, 6.07) is 11.8. The van der Waals surface area contributed by atoms with Crippen molar-refractivity contribution in [1.29, 1.82) is 0 Å². The van der Waals surface area contributed by atoms with Gasteiger partial charge in [-0.25, -0.2) is 9.97 Å². The lowest BCUT2D eigenvalue weighted by Gasteiger charge is -2.13. The minimum atomic E-state index is -0.568. The molecule has 1 heterocycles. The second-order valence-electron chi connectivity index (χ2n) is 5.50. The number of halogens is 1. The summed E-state index contributed by atoms with van der Waals surface area (Å²) in [4.78, 5) is 19.2. The van der Waals surface area contributed by atoms with Crippen molar-refractivity contribution in [3.63, 3.8) is 0 Å². The number of anilines is 4. The average molecular weight is 402 g/mol. The molecule has 2 aromatic carbocycles. The standard InChI is InChI=1S/C18H16ClN5O4/c1-27-13-5-3-4-12(9-13)22-17-16(24(25)26)18(21-10-20-17)23-14-8-11(19)6-7-15(14)28-2/h3-10H,1-2H3,(H2,20,21,22,23). The zero-order valence-corrected chi connectivity index (χ0v) is 15.7. The van der Waals surface area contributed by atoms with Crippen molar-refractivity contribution in [2.75, 3.05) is 24.9 Å².